The van der Waals surface area contributed by atoms with E-state index in [4.69, 9.17) is 16.3 Å². The minimum Gasteiger partial charge on any atom is -0.377 e. The molecular weight excluding hydrogens is 492 g/mol. The highest BCUT2D eigenvalue weighted by molar-refractivity contribution is 9.10. The number of halogens is 2. The summed E-state index contributed by atoms with van der Waals surface area (Å²) in [5.74, 6) is 0.102. The van der Waals surface area contributed by atoms with E-state index in [-0.39, 0.29) is 17.5 Å². The van der Waals surface area contributed by atoms with E-state index in [1.807, 2.05) is 42.5 Å². The average Bonchev–Trinajstić information content (AvgIpc) is 2.72. The van der Waals surface area contributed by atoms with Gasteiger partial charge >= 0.3 is 0 Å². The summed E-state index contributed by atoms with van der Waals surface area (Å²) in [4.78, 5) is 8.01. The van der Waals surface area contributed by atoms with Crippen LogP contribution in [0.4, 0.5) is 5.82 Å². The van der Waals surface area contributed by atoms with E-state index < -0.39 is 10.2 Å². The summed E-state index contributed by atoms with van der Waals surface area (Å²) < 4.78 is 36.2. The molecule has 1 aromatic heterocycles. The Balaban J connectivity index is 1.55. The Bertz CT molecular complexity index is 1070. The zero-order valence-corrected chi connectivity index (χ0v) is 19.0. The highest BCUT2D eigenvalue weighted by Crippen LogP contribution is 2.32. The van der Waals surface area contributed by atoms with Crippen LogP contribution < -0.4 is 9.44 Å². The smallest absolute Gasteiger partial charge is 0.300 e. The number of nitrogens with one attached hydrogen (secondary N) is 2. The molecule has 0 bridgehead atoms. The first kappa shape index (κ1) is 22.6. The number of benzene rings is 2. The van der Waals surface area contributed by atoms with Crippen LogP contribution in [-0.2, 0) is 21.6 Å². The molecular formula is C20H20BrClN4O3S. The molecule has 1 heterocycles. The molecule has 0 aliphatic heterocycles. The molecule has 0 atom stereocenters. The van der Waals surface area contributed by atoms with Gasteiger partial charge in [0.2, 0.25) is 0 Å². The molecule has 2 N–H and O–H groups in total. The van der Waals surface area contributed by atoms with Crippen LogP contribution >= 0.6 is 27.5 Å². The van der Waals surface area contributed by atoms with Crippen LogP contribution in [0.2, 0.25) is 5.15 Å². The van der Waals surface area contributed by atoms with Crippen LogP contribution in [-0.4, -0.2) is 31.5 Å². The van der Waals surface area contributed by atoms with Gasteiger partial charge in [-0.2, -0.15) is 13.1 Å². The van der Waals surface area contributed by atoms with Gasteiger partial charge in [-0.1, -0.05) is 70.0 Å². The summed E-state index contributed by atoms with van der Waals surface area (Å²) in [5, 5.41) is 0.152. The Labute approximate surface area is 189 Å². The Morgan fingerprint density at radius 3 is 2.50 bits per heavy atom. The first-order valence-corrected chi connectivity index (χ1v) is 11.8. The SMILES string of the molecule is O=S(=O)(NCCCOCc1ccccc1)Nc1ncnc(Cl)c1-c1ccc(Br)cc1. The van der Waals surface area contributed by atoms with Crippen molar-refractivity contribution in [1.82, 2.24) is 14.7 Å². The second kappa shape index (κ2) is 10.8. The maximum Gasteiger partial charge on any atom is 0.300 e. The molecule has 0 radical (unpaired) electrons. The number of ether oxygens (including phenoxy) is 1. The summed E-state index contributed by atoms with van der Waals surface area (Å²) in [6.45, 7) is 1.14. The molecule has 0 fully saturated rings. The van der Waals surface area contributed by atoms with E-state index in [1.165, 1.54) is 6.33 Å². The molecule has 30 heavy (non-hydrogen) atoms. The predicted octanol–water partition coefficient (Wildman–Crippen LogP) is 4.41. The highest BCUT2D eigenvalue weighted by atomic mass is 79.9. The molecule has 7 nitrogen and oxygen atoms in total. The number of aromatic nitrogens is 2. The molecule has 10 heteroatoms. The van der Waals surface area contributed by atoms with Gasteiger partial charge in [0.1, 0.15) is 11.5 Å². The molecule has 0 saturated heterocycles. The fourth-order valence-electron chi connectivity index (χ4n) is 2.62. The third-order valence-electron chi connectivity index (χ3n) is 4.03. The predicted molar refractivity (Wildman–Crippen MR) is 121 cm³/mol. The number of anilines is 1. The van der Waals surface area contributed by atoms with Gasteiger partial charge in [0.15, 0.2) is 5.82 Å². The van der Waals surface area contributed by atoms with Gasteiger partial charge in [0.25, 0.3) is 10.2 Å². The average molecular weight is 512 g/mol. The van der Waals surface area contributed by atoms with Crippen molar-refractivity contribution in [1.29, 1.82) is 0 Å². The van der Waals surface area contributed by atoms with E-state index in [2.05, 4.69) is 35.3 Å². The lowest BCUT2D eigenvalue weighted by Crippen LogP contribution is -2.32. The molecule has 0 aliphatic carbocycles. The highest BCUT2D eigenvalue weighted by Gasteiger charge is 2.17. The minimum atomic E-state index is -3.84. The van der Waals surface area contributed by atoms with Gasteiger partial charge in [-0.3, -0.25) is 4.72 Å². The first-order chi connectivity index (χ1) is 14.4. The fraction of sp³-hybridized carbons (Fsp3) is 0.200. The third-order valence-corrected chi connectivity index (χ3v) is 5.90. The Hall–Kier alpha value is -2.04. The molecule has 3 rings (SSSR count). The van der Waals surface area contributed by atoms with Crippen molar-refractivity contribution in [3.63, 3.8) is 0 Å². The van der Waals surface area contributed by atoms with Crippen molar-refractivity contribution < 1.29 is 13.2 Å². The molecule has 2 aromatic carbocycles. The zero-order chi connectivity index (χ0) is 21.4. The van der Waals surface area contributed by atoms with Gasteiger partial charge in [-0.25, -0.2) is 9.97 Å². The molecule has 3 aromatic rings. The molecule has 0 aliphatic rings. The quantitative estimate of drug-likeness (QED) is 0.311. The van der Waals surface area contributed by atoms with Crippen LogP contribution in [0.25, 0.3) is 11.1 Å². The topological polar surface area (TPSA) is 93.2 Å². The van der Waals surface area contributed by atoms with E-state index in [1.54, 1.807) is 12.1 Å². The molecule has 0 spiro atoms. The lowest BCUT2D eigenvalue weighted by Gasteiger charge is -2.13. The zero-order valence-electron chi connectivity index (χ0n) is 15.9. The van der Waals surface area contributed by atoms with Crippen LogP contribution in [0, 0.1) is 0 Å². The number of rotatable bonds is 10. The molecule has 0 amide bonds. The van der Waals surface area contributed by atoms with Gasteiger partial charge < -0.3 is 4.74 Å². The second-order valence-corrected chi connectivity index (χ2v) is 9.06. The Morgan fingerprint density at radius 1 is 1.03 bits per heavy atom. The lowest BCUT2D eigenvalue weighted by molar-refractivity contribution is 0.119. The molecule has 158 valence electrons. The summed E-state index contributed by atoms with van der Waals surface area (Å²) >= 11 is 9.58. The van der Waals surface area contributed by atoms with Crippen molar-refractivity contribution in [3.05, 3.63) is 76.1 Å². The fourth-order valence-corrected chi connectivity index (χ4v) is 4.02. The second-order valence-electron chi connectivity index (χ2n) is 6.29. The lowest BCUT2D eigenvalue weighted by atomic mass is 10.1. The third kappa shape index (κ3) is 6.75. The van der Waals surface area contributed by atoms with Crippen molar-refractivity contribution in [3.8, 4) is 11.1 Å². The van der Waals surface area contributed by atoms with Crippen molar-refractivity contribution >= 4 is 43.6 Å². The maximum absolute atomic E-state index is 12.4. The Kier molecular flexibility index (Phi) is 8.17. The van der Waals surface area contributed by atoms with Crippen molar-refractivity contribution in [2.45, 2.75) is 13.0 Å². The van der Waals surface area contributed by atoms with Gasteiger partial charge in [-0.15, -0.1) is 0 Å². The normalized spacial score (nSPS) is 11.4. The first-order valence-electron chi connectivity index (χ1n) is 9.10. The van der Waals surface area contributed by atoms with E-state index >= 15 is 0 Å². The summed E-state index contributed by atoms with van der Waals surface area (Å²) in [6.07, 6.45) is 1.73. The van der Waals surface area contributed by atoms with Crippen LogP contribution in [0.15, 0.2) is 65.4 Å². The van der Waals surface area contributed by atoms with E-state index in [0.29, 0.717) is 30.8 Å². The van der Waals surface area contributed by atoms with Crippen molar-refractivity contribution in [2.24, 2.45) is 0 Å². The summed E-state index contributed by atoms with van der Waals surface area (Å²) in [7, 11) is -3.84. The van der Waals surface area contributed by atoms with Crippen LogP contribution in [0.3, 0.4) is 0 Å². The maximum atomic E-state index is 12.4. The minimum absolute atomic E-state index is 0.102. The van der Waals surface area contributed by atoms with Crippen LogP contribution in [0.5, 0.6) is 0 Å². The van der Waals surface area contributed by atoms with Gasteiger partial charge in [-0.05, 0) is 29.7 Å². The number of nitrogens with zero attached hydrogens (tertiary/aromatic N) is 2. The summed E-state index contributed by atoms with van der Waals surface area (Å²) in [6, 6.07) is 17.0. The van der Waals surface area contributed by atoms with Crippen molar-refractivity contribution in [2.75, 3.05) is 17.9 Å². The molecule has 0 unspecified atom stereocenters. The van der Waals surface area contributed by atoms with Gasteiger partial charge in [0.05, 0.1) is 12.2 Å². The number of hydrogen-bond donors (Lipinski definition) is 2. The summed E-state index contributed by atoms with van der Waals surface area (Å²) in [5.41, 5.74) is 2.17. The van der Waals surface area contributed by atoms with Crippen LogP contribution in [0.1, 0.15) is 12.0 Å². The number of hydrogen-bond acceptors (Lipinski definition) is 5. The monoisotopic (exact) mass is 510 g/mol. The largest absolute Gasteiger partial charge is 0.377 e. The van der Waals surface area contributed by atoms with E-state index in [0.717, 1.165) is 10.0 Å². The van der Waals surface area contributed by atoms with E-state index in [9.17, 15) is 8.42 Å². The molecule has 0 saturated carbocycles. The standard InChI is InChI=1S/C20H20BrClN4O3S/c21-17-9-7-16(8-10-17)18-19(22)23-14-24-20(18)26-30(27,28)25-11-4-12-29-13-15-5-2-1-3-6-15/h1-3,5-10,14,25H,4,11-13H2,(H,23,24,26). The Morgan fingerprint density at radius 2 is 1.77 bits per heavy atom. The van der Waals surface area contributed by atoms with Gasteiger partial charge in [0, 0.05) is 17.6 Å².